The third-order valence-corrected chi connectivity index (χ3v) is 6.64. The molecule has 2 N–H and O–H groups in total. The van der Waals surface area contributed by atoms with Crippen molar-refractivity contribution in [3.05, 3.63) is 71.8 Å². The molecule has 1 saturated carbocycles. The SMILES string of the molecule is CCCCc1cccc2c1O[C@H]1C[C@@H](O)[C@H](/C=C/[C@@H](O)C(C)(C)Oc3ccccc3)[C@@H]21. The molecule has 0 unspecified atom stereocenters. The van der Waals surface area contributed by atoms with Crippen molar-refractivity contribution in [3.8, 4) is 11.5 Å². The molecule has 4 heteroatoms. The first-order valence-electron chi connectivity index (χ1n) is 11.5. The van der Waals surface area contributed by atoms with E-state index in [0.29, 0.717) is 6.42 Å². The summed E-state index contributed by atoms with van der Waals surface area (Å²) in [6.07, 6.45) is 6.37. The summed E-state index contributed by atoms with van der Waals surface area (Å²) < 4.78 is 12.3. The summed E-state index contributed by atoms with van der Waals surface area (Å²) in [5, 5.41) is 21.6. The molecule has 0 bridgehead atoms. The monoisotopic (exact) mass is 422 g/mol. The van der Waals surface area contributed by atoms with Crippen LogP contribution in [-0.2, 0) is 6.42 Å². The van der Waals surface area contributed by atoms with Crippen LogP contribution in [0.3, 0.4) is 0 Å². The number of rotatable bonds is 8. The van der Waals surface area contributed by atoms with Crippen LogP contribution < -0.4 is 9.47 Å². The van der Waals surface area contributed by atoms with Crippen LogP contribution in [0.1, 0.15) is 57.1 Å². The molecule has 0 aromatic heterocycles. The van der Waals surface area contributed by atoms with Gasteiger partial charge in [-0.3, -0.25) is 0 Å². The Hall–Kier alpha value is -2.30. The fourth-order valence-electron chi connectivity index (χ4n) is 4.85. The van der Waals surface area contributed by atoms with Gasteiger partial charge in [0.2, 0.25) is 0 Å². The summed E-state index contributed by atoms with van der Waals surface area (Å²) in [5.74, 6) is 1.77. The van der Waals surface area contributed by atoms with Crippen LogP contribution in [0, 0.1) is 5.92 Å². The molecule has 0 saturated heterocycles. The van der Waals surface area contributed by atoms with E-state index in [1.807, 2.05) is 50.3 Å². The van der Waals surface area contributed by atoms with Crippen LogP contribution in [0.25, 0.3) is 0 Å². The molecule has 0 radical (unpaired) electrons. The van der Waals surface area contributed by atoms with Crippen LogP contribution in [-0.4, -0.2) is 34.1 Å². The van der Waals surface area contributed by atoms with Crippen LogP contribution >= 0.6 is 0 Å². The Bertz CT molecular complexity index is 905. The average Bonchev–Trinajstić information content (AvgIpc) is 3.25. The second kappa shape index (κ2) is 9.05. The van der Waals surface area contributed by atoms with E-state index in [9.17, 15) is 10.2 Å². The molecule has 1 heterocycles. The quantitative estimate of drug-likeness (QED) is 0.586. The third-order valence-electron chi connectivity index (χ3n) is 6.64. The van der Waals surface area contributed by atoms with Gasteiger partial charge in [-0.1, -0.05) is 61.9 Å². The zero-order valence-corrected chi connectivity index (χ0v) is 18.7. The van der Waals surface area contributed by atoms with Gasteiger partial charge in [0, 0.05) is 23.8 Å². The molecular weight excluding hydrogens is 388 g/mol. The van der Waals surface area contributed by atoms with Crippen LogP contribution in [0.4, 0.5) is 0 Å². The fraction of sp³-hybridized carbons (Fsp3) is 0.481. The van der Waals surface area contributed by atoms with Gasteiger partial charge in [-0.05, 0) is 44.4 Å². The minimum Gasteiger partial charge on any atom is -0.489 e. The zero-order chi connectivity index (χ0) is 22.0. The Morgan fingerprint density at radius 1 is 1.16 bits per heavy atom. The number of aliphatic hydroxyl groups excluding tert-OH is 2. The molecular formula is C27H34O4. The predicted molar refractivity (Wildman–Crippen MR) is 123 cm³/mol. The van der Waals surface area contributed by atoms with E-state index < -0.39 is 17.8 Å². The number of aliphatic hydroxyl groups is 2. The highest BCUT2D eigenvalue weighted by atomic mass is 16.5. The van der Waals surface area contributed by atoms with Gasteiger partial charge in [0.05, 0.1) is 6.10 Å². The van der Waals surface area contributed by atoms with E-state index in [1.165, 1.54) is 11.1 Å². The first kappa shape index (κ1) is 21.9. The number of fused-ring (bicyclic) bond motifs is 3. The Kier molecular flexibility index (Phi) is 6.40. The Labute approximate surface area is 185 Å². The summed E-state index contributed by atoms with van der Waals surface area (Å²) in [5.41, 5.74) is 1.67. The Balaban J connectivity index is 1.51. The molecule has 4 nitrogen and oxygen atoms in total. The molecule has 166 valence electrons. The van der Waals surface area contributed by atoms with Crippen molar-refractivity contribution in [2.24, 2.45) is 5.92 Å². The highest BCUT2D eigenvalue weighted by Gasteiger charge is 2.49. The number of aryl methyl sites for hydroxylation is 1. The van der Waals surface area contributed by atoms with E-state index in [4.69, 9.17) is 9.47 Å². The minimum atomic E-state index is -0.809. The predicted octanol–water partition coefficient (Wildman–Crippen LogP) is 5.03. The standard InChI is InChI=1S/C27H34O4/c1-4-5-10-18-11-9-14-21-25-20(22(28)17-23(25)30-26(18)21)15-16-24(29)27(2,3)31-19-12-7-6-8-13-19/h6-9,11-16,20,22-25,28-29H,4-5,10,17H2,1-3H3/b16-15+/t20-,22+,23-,24+,25-/m0/s1. The number of hydrogen-bond acceptors (Lipinski definition) is 4. The second-order valence-electron chi connectivity index (χ2n) is 9.35. The van der Waals surface area contributed by atoms with Gasteiger partial charge in [0.1, 0.15) is 29.3 Å². The number of unbranched alkanes of at least 4 members (excludes halogenated alkanes) is 1. The lowest BCUT2D eigenvalue weighted by atomic mass is 9.86. The molecule has 0 amide bonds. The van der Waals surface area contributed by atoms with Crippen molar-refractivity contribution >= 4 is 0 Å². The number of para-hydroxylation sites is 2. The Morgan fingerprint density at radius 2 is 1.94 bits per heavy atom. The van der Waals surface area contributed by atoms with Crippen molar-refractivity contribution in [2.45, 2.75) is 76.3 Å². The van der Waals surface area contributed by atoms with Gasteiger partial charge in [-0.25, -0.2) is 0 Å². The lowest BCUT2D eigenvalue weighted by Crippen LogP contribution is -2.41. The zero-order valence-electron chi connectivity index (χ0n) is 18.7. The number of hydrogen-bond donors (Lipinski definition) is 2. The van der Waals surface area contributed by atoms with E-state index >= 15 is 0 Å². The highest BCUT2D eigenvalue weighted by molar-refractivity contribution is 5.49. The van der Waals surface area contributed by atoms with Crippen LogP contribution in [0.15, 0.2) is 60.7 Å². The van der Waals surface area contributed by atoms with Crippen LogP contribution in [0.5, 0.6) is 11.5 Å². The summed E-state index contributed by atoms with van der Waals surface area (Å²) >= 11 is 0. The van der Waals surface area contributed by atoms with Crippen molar-refractivity contribution in [1.82, 2.24) is 0 Å². The molecule has 0 spiro atoms. The summed E-state index contributed by atoms with van der Waals surface area (Å²) in [4.78, 5) is 0. The van der Waals surface area contributed by atoms with E-state index in [2.05, 4.69) is 25.1 Å². The first-order valence-corrected chi connectivity index (χ1v) is 11.5. The largest absolute Gasteiger partial charge is 0.489 e. The molecule has 2 aliphatic rings. The molecule has 2 aromatic rings. The normalized spacial score (nSPS) is 25.8. The maximum Gasteiger partial charge on any atom is 0.133 e. The number of ether oxygens (including phenoxy) is 2. The van der Waals surface area contributed by atoms with E-state index in [0.717, 1.165) is 30.8 Å². The summed E-state index contributed by atoms with van der Waals surface area (Å²) in [6, 6.07) is 15.9. The van der Waals surface area contributed by atoms with Gasteiger partial charge < -0.3 is 19.7 Å². The van der Waals surface area contributed by atoms with Gasteiger partial charge in [-0.2, -0.15) is 0 Å². The topological polar surface area (TPSA) is 58.9 Å². The van der Waals surface area contributed by atoms with Gasteiger partial charge in [-0.15, -0.1) is 0 Å². The second-order valence-corrected chi connectivity index (χ2v) is 9.35. The minimum absolute atomic E-state index is 0.00634. The molecule has 4 rings (SSSR count). The molecule has 1 aliphatic carbocycles. The summed E-state index contributed by atoms with van der Waals surface area (Å²) in [7, 11) is 0. The maximum atomic E-state index is 10.8. The van der Waals surface area contributed by atoms with Gasteiger partial charge >= 0.3 is 0 Å². The van der Waals surface area contributed by atoms with Crippen molar-refractivity contribution in [2.75, 3.05) is 0 Å². The summed E-state index contributed by atoms with van der Waals surface area (Å²) in [6.45, 7) is 5.94. The molecule has 1 fully saturated rings. The fourth-order valence-corrected chi connectivity index (χ4v) is 4.85. The van der Waals surface area contributed by atoms with Gasteiger partial charge in [0.25, 0.3) is 0 Å². The average molecular weight is 423 g/mol. The van der Waals surface area contributed by atoms with Crippen molar-refractivity contribution in [3.63, 3.8) is 0 Å². The highest BCUT2D eigenvalue weighted by Crippen LogP contribution is 2.52. The van der Waals surface area contributed by atoms with E-state index in [-0.39, 0.29) is 17.9 Å². The number of benzene rings is 2. The smallest absolute Gasteiger partial charge is 0.133 e. The third kappa shape index (κ3) is 4.51. The lowest BCUT2D eigenvalue weighted by Gasteiger charge is -2.30. The Morgan fingerprint density at radius 3 is 2.68 bits per heavy atom. The maximum absolute atomic E-state index is 10.8. The van der Waals surface area contributed by atoms with Crippen LogP contribution in [0.2, 0.25) is 0 Å². The van der Waals surface area contributed by atoms with Crippen molar-refractivity contribution < 1.29 is 19.7 Å². The lowest BCUT2D eigenvalue weighted by molar-refractivity contribution is -0.00221. The molecule has 5 atom stereocenters. The molecule has 31 heavy (non-hydrogen) atoms. The molecule has 1 aliphatic heterocycles. The van der Waals surface area contributed by atoms with Gasteiger partial charge in [0.15, 0.2) is 0 Å². The van der Waals surface area contributed by atoms with E-state index in [1.54, 1.807) is 6.08 Å². The first-order chi connectivity index (χ1) is 14.9. The van der Waals surface area contributed by atoms with Crippen molar-refractivity contribution in [1.29, 1.82) is 0 Å². The molecule has 2 aromatic carbocycles.